The third kappa shape index (κ3) is 2.94. The van der Waals surface area contributed by atoms with E-state index in [9.17, 15) is 9.59 Å². The zero-order valence-electron chi connectivity index (χ0n) is 12.3. The van der Waals surface area contributed by atoms with Gasteiger partial charge in [-0.25, -0.2) is 4.79 Å². The first-order valence-electron chi connectivity index (χ1n) is 7.46. The molecule has 0 aliphatic carbocycles. The van der Waals surface area contributed by atoms with E-state index in [0.29, 0.717) is 0 Å². The fourth-order valence-corrected chi connectivity index (χ4v) is 3.27. The monoisotopic (exact) mass is 297 g/mol. The highest BCUT2D eigenvalue weighted by atomic mass is 16.2. The van der Waals surface area contributed by atoms with Gasteiger partial charge in [0.1, 0.15) is 0 Å². The summed E-state index contributed by atoms with van der Waals surface area (Å²) in [6.07, 6.45) is 2.05. The number of nitrogens with two attached hydrogens (primary N) is 1. The molecule has 1 saturated heterocycles. The number of imide groups is 1. The number of amides is 3. The summed E-state index contributed by atoms with van der Waals surface area (Å²) in [5, 5.41) is 4.56. The molecule has 0 bridgehead atoms. The first kappa shape index (κ1) is 14.5. The van der Waals surface area contributed by atoms with Crippen molar-refractivity contribution < 1.29 is 9.59 Å². The van der Waals surface area contributed by atoms with E-state index in [1.54, 1.807) is 0 Å². The normalized spacial score (nSPS) is 18.5. The highest BCUT2D eigenvalue weighted by Gasteiger charge is 2.28. The lowest BCUT2D eigenvalue weighted by Gasteiger charge is -2.25. The van der Waals surface area contributed by atoms with E-state index >= 15 is 0 Å². The minimum absolute atomic E-state index is 0.191. The van der Waals surface area contributed by atoms with Gasteiger partial charge in [0.15, 0.2) is 0 Å². The molecule has 3 amide bonds. The highest BCUT2D eigenvalue weighted by Crippen LogP contribution is 2.35. The van der Waals surface area contributed by atoms with Crippen LogP contribution in [0.2, 0.25) is 0 Å². The van der Waals surface area contributed by atoms with Crippen molar-refractivity contribution in [2.75, 3.05) is 13.1 Å². The zero-order chi connectivity index (χ0) is 15.5. The van der Waals surface area contributed by atoms with Crippen LogP contribution < -0.4 is 11.1 Å². The van der Waals surface area contributed by atoms with E-state index in [4.69, 9.17) is 5.73 Å². The van der Waals surface area contributed by atoms with Crippen molar-refractivity contribution in [3.05, 3.63) is 48.0 Å². The Morgan fingerprint density at radius 1 is 1.18 bits per heavy atom. The van der Waals surface area contributed by atoms with Gasteiger partial charge in [0.05, 0.1) is 6.54 Å². The van der Waals surface area contributed by atoms with Crippen LogP contribution in [0.4, 0.5) is 4.79 Å². The van der Waals surface area contributed by atoms with Crippen molar-refractivity contribution in [1.82, 2.24) is 10.2 Å². The molecule has 0 radical (unpaired) electrons. The van der Waals surface area contributed by atoms with Gasteiger partial charge in [-0.3, -0.25) is 15.0 Å². The van der Waals surface area contributed by atoms with E-state index in [0.717, 1.165) is 19.4 Å². The summed E-state index contributed by atoms with van der Waals surface area (Å²) < 4.78 is 0. The van der Waals surface area contributed by atoms with E-state index in [2.05, 4.69) is 40.5 Å². The van der Waals surface area contributed by atoms with E-state index in [1.807, 2.05) is 12.1 Å². The molecule has 5 nitrogen and oxygen atoms in total. The van der Waals surface area contributed by atoms with Crippen molar-refractivity contribution in [2.24, 2.45) is 5.73 Å². The van der Waals surface area contributed by atoms with E-state index in [1.165, 1.54) is 16.3 Å². The number of nitrogens with one attached hydrogen (secondary N) is 1. The maximum absolute atomic E-state index is 11.8. The summed E-state index contributed by atoms with van der Waals surface area (Å²) in [6.45, 7) is 1.04. The lowest BCUT2D eigenvalue weighted by atomic mass is 9.97. The quantitative estimate of drug-likeness (QED) is 0.911. The standard InChI is InChI=1S/C17H19N3O2/c18-17(22)19-16(21)11-20-10-4-9-15(20)14-8-3-6-12-5-1-2-7-13(12)14/h1-3,5-8,15H,4,9-11H2,(H3,18,19,21,22). The predicted molar refractivity (Wildman–Crippen MR) is 85.2 cm³/mol. The minimum atomic E-state index is -0.800. The van der Waals surface area contributed by atoms with Gasteiger partial charge in [0.2, 0.25) is 5.91 Å². The third-order valence-electron chi connectivity index (χ3n) is 4.16. The largest absolute Gasteiger partial charge is 0.351 e. The molecular weight excluding hydrogens is 278 g/mol. The molecule has 2 aromatic rings. The molecule has 1 fully saturated rings. The topological polar surface area (TPSA) is 75.4 Å². The van der Waals surface area contributed by atoms with Crippen molar-refractivity contribution in [2.45, 2.75) is 18.9 Å². The Kier molecular flexibility index (Phi) is 4.06. The van der Waals surface area contributed by atoms with Gasteiger partial charge in [-0.05, 0) is 35.7 Å². The number of likely N-dealkylation sites (tertiary alicyclic amines) is 1. The molecule has 0 saturated carbocycles. The number of hydrogen-bond acceptors (Lipinski definition) is 3. The third-order valence-corrected chi connectivity index (χ3v) is 4.16. The summed E-state index contributed by atoms with van der Waals surface area (Å²) in [4.78, 5) is 24.7. The molecule has 0 aromatic heterocycles. The Labute approximate surface area is 129 Å². The lowest BCUT2D eigenvalue weighted by Crippen LogP contribution is -2.42. The average Bonchev–Trinajstić information content (AvgIpc) is 2.93. The van der Waals surface area contributed by atoms with Crippen LogP contribution in [0.25, 0.3) is 10.8 Å². The molecule has 1 aliphatic rings. The van der Waals surface area contributed by atoms with Gasteiger partial charge in [0, 0.05) is 6.04 Å². The van der Waals surface area contributed by atoms with E-state index < -0.39 is 6.03 Å². The van der Waals surface area contributed by atoms with Crippen LogP contribution in [-0.2, 0) is 4.79 Å². The molecule has 3 N–H and O–H groups in total. The Hall–Kier alpha value is -2.40. The SMILES string of the molecule is NC(=O)NC(=O)CN1CCCC1c1cccc2ccccc12. The lowest BCUT2D eigenvalue weighted by molar-refractivity contribution is -0.121. The summed E-state index contributed by atoms with van der Waals surface area (Å²) in [7, 11) is 0. The molecule has 3 rings (SSSR count). The predicted octanol–water partition coefficient (Wildman–Crippen LogP) is 2.17. The molecule has 0 spiro atoms. The number of carbonyl (C=O) groups excluding carboxylic acids is 2. The first-order chi connectivity index (χ1) is 10.6. The summed E-state index contributed by atoms with van der Waals surface area (Å²) in [6, 6.07) is 13.9. The van der Waals surface area contributed by atoms with Crippen LogP contribution >= 0.6 is 0 Å². The number of hydrogen-bond donors (Lipinski definition) is 2. The molecule has 1 heterocycles. The van der Waals surface area contributed by atoms with Gasteiger partial charge in [-0.15, -0.1) is 0 Å². The molecular formula is C17H19N3O2. The van der Waals surface area contributed by atoms with E-state index in [-0.39, 0.29) is 18.5 Å². The van der Waals surface area contributed by atoms with Gasteiger partial charge in [-0.2, -0.15) is 0 Å². The number of rotatable bonds is 3. The number of primary amides is 1. The Balaban J connectivity index is 1.86. The highest BCUT2D eigenvalue weighted by molar-refractivity contribution is 5.94. The van der Waals surface area contributed by atoms with Gasteiger partial charge >= 0.3 is 6.03 Å². The van der Waals surface area contributed by atoms with Gasteiger partial charge in [-0.1, -0.05) is 42.5 Å². The number of fused-ring (bicyclic) bond motifs is 1. The minimum Gasteiger partial charge on any atom is -0.351 e. The molecule has 2 aromatic carbocycles. The Bertz CT molecular complexity index is 709. The van der Waals surface area contributed by atoms with Crippen molar-refractivity contribution >= 4 is 22.7 Å². The Morgan fingerprint density at radius 3 is 2.77 bits per heavy atom. The zero-order valence-corrected chi connectivity index (χ0v) is 12.3. The molecule has 5 heteroatoms. The van der Waals surface area contributed by atoms with Crippen molar-refractivity contribution in [3.8, 4) is 0 Å². The summed E-state index contributed by atoms with van der Waals surface area (Å²) in [5.41, 5.74) is 6.24. The van der Waals surface area contributed by atoms with Crippen molar-refractivity contribution in [3.63, 3.8) is 0 Å². The smallest absolute Gasteiger partial charge is 0.318 e. The van der Waals surface area contributed by atoms with Crippen LogP contribution in [0.1, 0.15) is 24.4 Å². The first-order valence-corrected chi connectivity index (χ1v) is 7.46. The summed E-state index contributed by atoms with van der Waals surface area (Å²) >= 11 is 0. The number of carbonyl (C=O) groups is 2. The second kappa shape index (κ2) is 6.15. The van der Waals surface area contributed by atoms with Gasteiger partial charge < -0.3 is 5.73 Å². The molecule has 22 heavy (non-hydrogen) atoms. The van der Waals surface area contributed by atoms with Crippen LogP contribution in [0.15, 0.2) is 42.5 Å². The fourth-order valence-electron chi connectivity index (χ4n) is 3.27. The van der Waals surface area contributed by atoms with Crippen molar-refractivity contribution in [1.29, 1.82) is 0 Å². The number of benzene rings is 2. The molecule has 1 atom stereocenters. The van der Waals surface area contributed by atoms with Crippen LogP contribution in [0.5, 0.6) is 0 Å². The molecule has 1 aliphatic heterocycles. The summed E-state index contributed by atoms with van der Waals surface area (Å²) in [5.74, 6) is -0.348. The maximum Gasteiger partial charge on any atom is 0.318 e. The molecule has 1 unspecified atom stereocenters. The average molecular weight is 297 g/mol. The van der Waals surface area contributed by atoms with Crippen LogP contribution in [0, 0.1) is 0 Å². The number of nitrogens with zero attached hydrogens (tertiary/aromatic N) is 1. The second-order valence-electron chi connectivity index (χ2n) is 5.61. The molecule has 114 valence electrons. The van der Waals surface area contributed by atoms with Crippen LogP contribution in [0.3, 0.4) is 0 Å². The number of urea groups is 1. The van der Waals surface area contributed by atoms with Gasteiger partial charge in [0.25, 0.3) is 0 Å². The maximum atomic E-state index is 11.8. The Morgan fingerprint density at radius 2 is 1.95 bits per heavy atom. The second-order valence-corrected chi connectivity index (χ2v) is 5.61. The van der Waals surface area contributed by atoms with Crippen LogP contribution in [-0.4, -0.2) is 29.9 Å². The fraction of sp³-hybridized carbons (Fsp3) is 0.294.